The van der Waals surface area contributed by atoms with Gasteiger partial charge >= 0.3 is 74.7 Å². The number of nitrogens with zero attached hydrogens (tertiary/aromatic N) is 6. The zero-order valence-corrected chi connectivity index (χ0v) is 55.4. The van der Waals surface area contributed by atoms with E-state index in [0.29, 0.717) is 39.3 Å². The number of pyridine rings is 6. The average Bonchev–Trinajstić information content (AvgIpc) is 0.851. The molecule has 39 heteroatoms. The van der Waals surface area contributed by atoms with Crippen molar-refractivity contribution in [2.45, 2.75) is 49.1 Å². The van der Waals surface area contributed by atoms with E-state index in [9.17, 15) is 64.3 Å². The predicted octanol–water partition coefficient (Wildman–Crippen LogP) is -4.18. The quantitative estimate of drug-likeness (QED) is 0.0144. The molecule has 0 fully saturated rings. The van der Waals surface area contributed by atoms with Gasteiger partial charge in [-0.3, -0.25) is 58.7 Å². The standard InChI is InChI=1S/3C14H14N4O2.2C7H7NO5S.Cd.6H2O/c3*19-13(17-9-11-1-5-15-6-2-11)14(20)18-10-12-3-7-16-8-4-12;2*8-6-2-1-4(14(11,12)13)3-5(6)7(9)10;;;;;;;/h3*1-8H,9-10H2,(H,17,19)(H,18,20);2*1-3H,8H2,(H,9,10)(H,11,12,13);;6*1H2/q;;;;;+2;;;;;;. The monoisotopic (exact) mass is 1470 g/mol. The average molecular weight is 1470 g/mol. The summed E-state index contributed by atoms with van der Waals surface area (Å²) in [7, 11) is -9.29. The molecule has 0 atom stereocenters. The Morgan fingerprint density at radius 2 is 0.495 bits per heavy atom. The Morgan fingerprint density at radius 3 is 0.632 bits per heavy atom. The Labute approximate surface area is 561 Å². The van der Waals surface area contributed by atoms with Gasteiger partial charge in [-0.1, -0.05) is 0 Å². The maximum absolute atomic E-state index is 11.6. The molecule has 0 saturated heterocycles. The van der Waals surface area contributed by atoms with Gasteiger partial charge in [-0.2, -0.15) is 0 Å². The van der Waals surface area contributed by atoms with Crippen molar-refractivity contribution in [2.75, 3.05) is 11.5 Å². The third-order valence-corrected chi connectivity index (χ3v) is 12.6. The number of carboxylic acid groups (broad SMARTS) is 2. The number of rotatable bonds is 16. The Morgan fingerprint density at radius 1 is 0.337 bits per heavy atom. The second kappa shape index (κ2) is 47.1. The number of aromatic carboxylic acids is 2. The van der Waals surface area contributed by atoms with Crippen molar-refractivity contribution >= 4 is 79.0 Å². The molecule has 95 heavy (non-hydrogen) atoms. The van der Waals surface area contributed by atoms with Crippen LogP contribution in [0.5, 0.6) is 0 Å². The van der Waals surface area contributed by atoms with Gasteiger partial charge in [0.1, 0.15) is 20.2 Å². The summed E-state index contributed by atoms with van der Waals surface area (Å²) in [4.78, 5) is 113. The molecule has 0 spiro atoms. The van der Waals surface area contributed by atoms with Gasteiger partial charge in [0.15, 0.2) is 0 Å². The second-order valence-electron chi connectivity index (χ2n) is 17.2. The van der Waals surface area contributed by atoms with Crippen LogP contribution in [0.25, 0.3) is 0 Å². The van der Waals surface area contributed by atoms with Crippen LogP contribution in [0.1, 0.15) is 54.1 Å². The number of hydrogen-bond donors (Lipinski definition) is 10. The molecule has 6 heterocycles. The Balaban J connectivity index is -0.000000539. The number of nitrogens with two attached hydrogens (primary N) is 2. The van der Waals surface area contributed by atoms with Gasteiger partial charge in [0.05, 0.1) is 20.9 Å². The number of aromatic nitrogens is 6. The third kappa shape index (κ3) is 35.0. The zero-order valence-electron chi connectivity index (χ0n) is 49.7. The minimum atomic E-state index is -4.64. The molecule has 8 aromatic rings. The van der Waals surface area contributed by atoms with Crippen LogP contribution in [0.4, 0.5) is 11.4 Å². The number of carboxylic acids is 2. The van der Waals surface area contributed by atoms with Crippen LogP contribution in [0.15, 0.2) is 193 Å². The van der Waals surface area contributed by atoms with Crippen LogP contribution in [-0.2, 0) is 127 Å². The van der Waals surface area contributed by atoms with Crippen LogP contribution in [0, 0.1) is 0 Å². The van der Waals surface area contributed by atoms with Gasteiger partial charge in [0.25, 0.3) is 0 Å². The third-order valence-electron chi connectivity index (χ3n) is 10.9. The molecule has 26 N–H and O–H groups in total. The van der Waals surface area contributed by atoms with E-state index in [1.807, 2.05) is 0 Å². The number of carbonyl (C=O) groups excluding carboxylic acids is 6. The number of hydrogen-bond acceptors (Lipinski definition) is 22. The fraction of sp³-hybridized carbons (Fsp3) is 0.107. The number of carbonyl (C=O) groups is 8. The first-order chi connectivity index (χ1) is 41.9. The van der Waals surface area contributed by atoms with E-state index in [0.717, 1.165) is 69.8 Å². The molecule has 36 nitrogen and oxygen atoms in total. The van der Waals surface area contributed by atoms with Crippen LogP contribution in [0.3, 0.4) is 0 Å². The molecular formula is C56H68CdN14O22S2+2. The first-order valence-corrected chi connectivity index (χ1v) is 27.9. The smallest absolute Gasteiger partial charge is 0.744 e. The van der Waals surface area contributed by atoms with E-state index >= 15 is 0 Å². The van der Waals surface area contributed by atoms with Crippen LogP contribution >= 0.6 is 0 Å². The molecule has 0 bridgehead atoms. The van der Waals surface area contributed by atoms with Crippen molar-refractivity contribution in [3.8, 4) is 0 Å². The summed E-state index contributed by atoms with van der Waals surface area (Å²) >= 11 is 0. The minimum absolute atomic E-state index is 0. The first-order valence-electron chi connectivity index (χ1n) is 25.1. The summed E-state index contributed by atoms with van der Waals surface area (Å²) in [6.45, 7) is 1.77. The Hall–Kier alpha value is -10.8. The van der Waals surface area contributed by atoms with Crippen LogP contribution < -0.4 is 43.4 Å². The normalized spacial score (nSPS) is 9.49. The molecule has 0 unspecified atom stereocenters. The molecule has 0 radical (unpaired) electrons. The van der Waals surface area contributed by atoms with E-state index in [-0.39, 0.29) is 71.5 Å². The maximum atomic E-state index is 11.6. The van der Waals surface area contributed by atoms with Crippen molar-refractivity contribution in [2.24, 2.45) is 0 Å². The van der Waals surface area contributed by atoms with Gasteiger partial charge in [0.2, 0.25) is 0 Å². The van der Waals surface area contributed by atoms with E-state index in [1.54, 1.807) is 147 Å². The predicted molar refractivity (Wildman–Crippen MR) is 332 cm³/mol. The van der Waals surface area contributed by atoms with Gasteiger partial charge in [-0.05, 0) is 143 Å². The van der Waals surface area contributed by atoms with Crippen molar-refractivity contribution < 1.29 is 135 Å². The molecule has 0 aliphatic rings. The van der Waals surface area contributed by atoms with E-state index in [1.165, 1.54) is 0 Å². The zero-order chi connectivity index (χ0) is 64.5. The van der Waals surface area contributed by atoms with Crippen molar-refractivity contribution in [3.05, 3.63) is 228 Å². The summed E-state index contributed by atoms with van der Waals surface area (Å²) in [6, 6.07) is 26.8. The van der Waals surface area contributed by atoms with Gasteiger partial charge < -0.3 is 95.5 Å². The first kappa shape index (κ1) is 90.6. The molecule has 0 aliphatic heterocycles. The summed E-state index contributed by atoms with van der Waals surface area (Å²) in [6.07, 6.45) is 19.6. The van der Waals surface area contributed by atoms with Crippen molar-refractivity contribution in [3.63, 3.8) is 0 Å². The number of anilines is 2. The second-order valence-corrected chi connectivity index (χ2v) is 20.0. The van der Waals surface area contributed by atoms with E-state index in [4.69, 9.17) is 21.7 Å². The summed E-state index contributed by atoms with van der Waals surface area (Å²) in [5.41, 5.74) is 14.8. The molecule has 2 aromatic carbocycles. The van der Waals surface area contributed by atoms with Crippen LogP contribution in [-0.4, -0.2) is 135 Å². The van der Waals surface area contributed by atoms with Gasteiger partial charge in [-0.15, -0.1) is 0 Å². The van der Waals surface area contributed by atoms with Crippen molar-refractivity contribution in [1.82, 2.24) is 61.8 Å². The van der Waals surface area contributed by atoms with Gasteiger partial charge in [0, 0.05) is 125 Å². The number of benzene rings is 2. The minimum Gasteiger partial charge on any atom is -0.744 e. The summed E-state index contributed by atoms with van der Waals surface area (Å²) in [5.74, 6) is -6.70. The maximum Gasteiger partial charge on any atom is 2.00 e. The largest absolute Gasteiger partial charge is 2.00 e. The van der Waals surface area contributed by atoms with E-state index in [2.05, 4.69) is 61.8 Å². The molecule has 506 valence electrons. The number of amides is 6. The SMILES string of the molecule is Nc1ccc(S(=O)(=O)[O-])cc1C(=O)O.Nc1ccc(S(=O)(=O)[O-])cc1C(=O)O.O.O.O.O.O=C(NCc1ccncc1)C(=O)NCc1ccncc1.O=C(NCc1ccncc1)C(=O)NCc1ccncc1.O=C(NCc1ccncc1)C(=O)NCc1ccncc1.[Cd+2].[OH3+].[OH3+]. The number of nitrogen functional groups attached to an aromatic ring is 2. The molecule has 6 amide bonds. The molecular weight excluding hydrogens is 1400 g/mol. The molecule has 0 saturated carbocycles. The molecule has 0 aliphatic carbocycles. The molecule has 8 rings (SSSR count). The Bertz CT molecular complexity index is 3370. The fourth-order valence-electron chi connectivity index (χ4n) is 6.33. The topological polar surface area (TPSA) is 685 Å². The van der Waals surface area contributed by atoms with Gasteiger partial charge in [-0.25, -0.2) is 26.4 Å². The van der Waals surface area contributed by atoms with Crippen molar-refractivity contribution in [1.29, 1.82) is 0 Å². The van der Waals surface area contributed by atoms with Crippen LogP contribution in [0.2, 0.25) is 0 Å². The Kier molecular flexibility index (Phi) is 45.0. The fourth-order valence-corrected chi connectivity index (χ4v) is 7.33. The summed E-state index contributed by atoms with van der Waals surface area (Å²) in [5, 5.41) is 32.4. The van der Waals surface area contributed by atoms with E-state index < -0.39 is 88.5 Å². The number of nitrogens with one attached hydrogen (secondary N) is 6. The molecule has 6 aromatic heterocycles. The summed E-state index contributed by atoms with van der Waals surface area (Å²) < 4.78 is 63.2.